The van der Waals surface area contributed by atoms with Gasteiger partial charge in [0.1, 0.15) is 5.52 Å². The second-order valence-corrected chi connectivity index (χ2v) is 10.9. The van der Waals surface area contributed by atoms with Gasteiger partial charge in [-0.05, 0) is 32.1 Å². The first kappa shape index (κ1) is 23.1. The van der Waals surface area contributed by atoms with E-state index in [9.17, 15) is 4.79 Å². The van der Waals surface area contributed by atoms with Crippen molar-refractivity contribution in [2.75, 3.05) is 18.0 Å². The quantitative estimate of drug-likeness (QED) is 0.514. The van der Waals surface area contributed by atoms with Crippen LogP contribution >= 0.6 is 11.8 Å². The molecule has 5 rings (SSSR count). The van der Waals surface area contributed by atoms with E-state index in [0.717, 1.165) is 42.2 Å². The molecule has 0 amide bonds. The Balaban J connectivity index is 1.45. The second kappa shape index (κ2) is 9.94. The number of aromatic amines is 1. The van der Waals surface area contributed by atoms with Crippen LogP contribution in [0, 0.1) is 5.92 Å². The van der Waals surface area contributed by atoms with Gasteiger partial charge in [0.2, 0.25) is 5.95 Å². The molecule has 0 bridgehead atoms. The van der Waals surface area contributed by atoms with Crippen LogP contribution in [0.4, 0.5) is 5.95 Å². The van der Waals surface area contributed by atoms with Crippen LogP contribution in [0.25, 0.3) is 11.0 Å². The number of anilines is 1. The Hall–Kier alpha value is -2.61. The summed E-state index contributed by atoms with van der Waals surface area (Å²) < 4.78 is 1.67. The Kier molecular flexibility index (Phi) is 6.77. The molecule has 180 valence electrons. The Morgan fingerprint density at radius 2 is 1.94 bits per heavy atom. The number of hydrogen-bond donors (Lipinski definition) is 1. The third-order valence-electron chi connectivity index (χ3n) is 7.03. The maximum absolute atomic E-state index is 13.1. The van der Waals surface area contributed by atoms with E-state index in [4.69, 9.17) is 9.98 Å². The van der Waals surface area contributed by atoms with Crippen molar-refractivity contribution in [2.45, 2.75) is 63.7 Å². The summed E-state index contributed by atoms with van der Waals surface area (Å²) in [5.41, 5.74) is 3.28. The molecule has 3 heterocycles. The summed E-state index contributed by atoms with van der Waals surface area (Å²) in [6.07, 6.45) is 6.87. The van der Waals surface area contributed by atoms with Crippen LogP contribution in [-0.4, -0.2) is 49.2 Å². The number of benzene rings is 1. The van der Waals surface area contributed by atoms with Crippen molar-refractivity contribution in [2.24, 2.45) is 18.0 Å². The highest BCUT2D eigenvalue weighted by Gasteiger charge is 2.31. The van der Waals surface area contributed by atoms with Crippen LogP contribution in [0.2, 0.25) is 0 Å². The van der Waals surface area contributed by atoms with E-state index in [1.165, 1.54) is 31.2 Å². The molecule has 0 radical (unpaired) electrons. The van der Waals surface area contributed by atoms with Crippen molar-refractivity contribution in [3.8, 4) is 0 Å². The SMILES string of the molecule is CCCc1nn(C)c2c(=O)[nH]c(N(CC3CCCC3)CC3SC(c4ccccc4)=NC3C)nc12. The average molecular weight is 479 g/mol. The Labute approximate surface area is 205 Å². The van der Waals surface area contributed by atoms with Crippen molar-refractivity contribution in [3.05, 3.63) is 51.9 Å². The average Bonchev–Trinajstić information content (AvgIpc) is 3.55. The molecule has 34 heavy (non-hydrogen) atoms. The van der Waals surface area contributed by atoms with Gasteiger partial charge in [-0.1, -0.05) is 68.3 Å². The lowest BCUT2D eigenvalue weighted by Crippen LogP contribution is -2.39. The van der Waals surface area contributed by atoms with E-state index in [1.807, 2.05) is 24.9 Å². The number of nitrogens with zero attached hydrogens (tertiary/aromatic N) is 5. The Bertz CT molecular complexity index is 1230. The fourth-order valence-electron chi connectivity index (χ4n) is 5.21. The lowest BCUT2D eigenvalue weighted by Gasteiger charge is -2.29. The molecule has 2 unspecified atom stereocenters. The lowest BCUT2D eigenvalue weighted by molar-refractivity contribution is 0.517. The van der Waals surface area contributed by atoms with Gasteiger partial charge in [0, 0.05) is 25.7 Å². The molecule has 1 N–H and O–H groups in total. The van der Waals surface area contributed by atoms with E-state index in [-0.39, 0.29) is 11.6 Å². The molecule has 2 aromatic heterocycles. The first-order valence-electron chi connectivity index (χ1n) is 12.5. The number of H-pyrrole nitrogens is 1. The molecule has 2 aliphatic rings. The maximum atomic E-state index is 13.1. The van der Waals surface area contributed by atoms with Crippen molar-refractivity contribution >= 4 is 33.8 Å². The number of hydrogen-bond acceptors (Lipinski definition) is 6. The van der Waals surface area contributed by atoms with Gasteiger partial charge >= 0.3 is 0 Å². The fraction of sp³-hybridized carbons (Fsp3) is 0.538. The molecule has 7 nitrogen and oxygen atoms in total. The van der Waals surface area contributed by atoms with Gasteiger partial charge < -0.3 is 4.90 Å². The van der Waals surface area contributed by atoms with Gasteiger partial charge in [-0.15, -0.1) is 0 Å². The minimum Gasteiger partial charge on any atom is -0.341 e. The second-order valence-electron chi connectivity index (χ2n) is 9.66. The van der Waals surface area contributed by atoms with E-state index in [1.54, 1.807) is 4.68 Å². The molecule has 3 aromatic rings. The highest BCUT2D eigenvalue weighted by atomic mass is 32.2. The molecule has 1 aliphatic carbocycles. The van der Waals surface area contributed by atoms with Crippen molar-refractivity contribution in [3.63, 3.8) is 0 Å². The summed E-state index contributed by atoms with van der Waals surface area (Å²) in [6.45, 7) is 6.05. The summed E-state index contributed by atoms with van der Waals surface area (Å²) in [5, 5.41) is 6.01. The molecule has 1 saturated carbocycles. The highest BCUT2D eigenvalue weighted by Crippen LogP contribution is 2.33. The number of nitrogens with one attached hydrogen (secondary N) is 1. The summed E-state index contributed by atoms with van der Waals surface area (Å²) in [7, 11) is 1.83. The number of fused-ring (bicyclic) bond motifs is 1. The van der Waals surface area contributed by atoms with Crippen molar-refractivity contribution in [1.29, 1.82) is 0 Å². The van der Waals surface area contributed by atoms with Crippen LogP contribution in [0.15, 0.2) is 40.1 Å². The Morgan fingerprint density at radius 1 is 1.18 bits per heavy atom. The number of rotatable bonds is 8. The van der Waals surface area contributed by atoms with E-state index >= 15 is 0 Å². The molecular weight excluding hydrogens is 444 g/mol. The largest absolute Gasteiger partial charge is 0.341 e. The fourth-order valence-corrected chi connectivity index (χ4v) is 6.51. The minimum atomic E-state index is -0.109. The number of thioether (sulfide) groups is 1. The zero-order valence-corrected chi connectivity index (χ0v) is 21.1. The predicted molar refractivity (Wildman–Crippen MR) is 141 cm³/mol. The van der Waals surface area contributed by atoms with Crippen molar-refractivity contribution < 1.29 is 0 Å². The number of aromatic nitrogens is 4. The van der Waals surface area contributed by atoms with E-state index in [2.05, 4.69) is 53.1 Å². The van der Waals surface area contributed by atoms with Crippen LogP contribution < -0.4 is 10.5 Å². The zero-order valence-electron chi connectivity index (χ0n) is 20.3. The Morgan fingerprint density at radius 3 is 2.68 bits per heavy atom. The standard InChI is InChI=1S/C26H34N6OS/c1-4-10-20-22-23(31(3)30-20)24(33)29-26(28-22)32(15-18-11-8-9-12-18)16-21-17(2)27-25(34-21)19-13-6-5-7-14-19/h5-7,13-14,17-18,21H,4,8-12,15-16H2,1-3H3,(H,28,29,33). The minimum absolute atomic E-state index is 0.109. The smallest absolute Gasteiger partial charge is 0.278 e. The summed E-state index contributed by atoms with van der Waals surface area (Å²) in [5.74, 6) is 1.32. The van der Waals surface area contributed by atoms with Gasteiger partial charge in [0.05, 0.1) is 22.0 Å². The van der Waals surface area contributed by atoms with E-state index < -0.39 is 0 Å². The maximum Gasteiger partial charge on any atom is 0.278 e. The van der Waals surface area contributed by atoms with Gasteiger partial charge in [0.15, 0.2) is 5.52 Å². The highest BCUT2D eigenvalue weighted by molar-refractivity contribution is 8.15. The molecule has 1 aliphatic heterocycles. The first-order chi connectivity index (χ1) is 16.5. The van der Waals surface area contributed by atoms with Gasteiger partial charge in [-0.2, -0.15) is 5.10 Å². The molecule has 0 spiro atoms. The number of aryl methyl sites for hydroxylation is 2. The van der Waals surface area contributed by atoms with Gasteiger partial charge in [-0.3, -0.25) is 19.5 Å². The predicted octanol–water partition coefficient (Wildman–Crippen LogP) is 4.56. The third kappa shape index (κ3) is 4.65. The van der Waals surface area contributed by atoms with Gasteiger partial charge in [-0.25, -0.2) is 4.98 Å². The molecule has 0 saturated heterocycles. The van der Waals surface area contributed by atoms with Crippen molar-refractivity contribution in [1.82, 2.24) is 19.7 Å². The van der Waals surface area contributed by atoms with Crippen LogP contribution in [0.5, 0.6) is 0 Å². The molecule has 8 heteroatoms. The number of aliphatic imine (C=N–C) groups is 1. The summed E-state index contributed by atoms with van der Waals surface area (Å²) in [6, 6.07) is 10.6. The van der Waals surface area contributed by atoms with E-state index in [0.29, 0.717) is 22.6 Å². The molecular formula is C26H34N6OS. The van der Waals surface area contributed by atoms with Crippen LogP contribution in [0.3, 0.4) is 0 Å². The topological polar surface area (TPSA) is 79.2 Å². The van der Waals surface area contributed by atoms with Crippen LogP contribution in [0.1, 0.15) is 57.2 Å². The summed E-state index contributed by atoms with van der Waals surface area (Å²) >= 11 is 1.85. The lowest BCUT2D eigenvalue weighted by atomic mass is 10.1. The monoisotopic (exact) mass is 478 g/mol. The molecule has 2 atom stereocenters. The van der Waals surface area contributed by atoms with Gasteiger partial charge in [0.25, 0.3) is 5.56 Å². The third-order valence-corrected chi connectivity index (χ3v) is 8.44. The normalized spacial score (nSPS) is 20.9. The summed E-state index contributed by atoms with van der Waals surface area (Å²) in [4.78, 5) is 28.5. The zero-order chi connectivity index (χ0) is 23.7. The molecule has 1 aromatic carbocycles. The first-order valence-corrected chi connectivity index (χ1v) is 13.4. The molecule has 1 fully saturated rings. The van der Waals surface area contributed by atoms with Crippen LogP contribution in [-0.2, 0) is 13.5 Å².